The molecule has 6 aromatic rings. The van der Waals surface area contributed by atoms with Crippen LogP contribution in [0, 0.1) is 6.92 Å². The molecule has 0 radical (unpaired) electrons. The molecule has 3 fully saturated rings. The van der Waals surface area contributed by atoms with Crippen LogP contribution in [0.3, 0.4) is 0 Å². The molecule has 2 N–H and O–H groups in total. The first-order valence-corrected chi connectivity index (χ1v) is 44.7. The average molecular weight is 1620 g/mol. The molecule has 0 saturated carbocycles. The quantitative estimate of drug-likeness (QED) is 0.0273. The fourth-order valence-electron chi connectivity index (χ4n) is 16.9. The Hall–Kier alpha value is -4.59. The molecule has 3 aliphatic heterocycles. The second kappa shape index (κ2) is 60.0. The number of unbranched alkanes of at least 4 members (excludes halogenated alkanes) is 1. The minimum absolute atomic E-state index is 0. The van der Waals surface area contributed by atoms with Gasteiger partial charge in [-0.15, -0.1) is 6.58 Å². The van der Waals surface area contributed by atoms with E-state index in [1.165, 1.54) is 104 Å². The van der Waals surface area contributed by atoms with Crippen LogP contribution in [0.25, 0.3) is 0 Å². The summed E-state index contributed by atoms with van der Waals surface area (Å²) < 4.78 is 0. The SMILES string of the molecule is C=CCCC.C=C[CH2-].CC.CC.CC.CC.CCCC(C)(CC(ON1C(C)(C)CCCC1(C)C)c1ccccc1)c1ccccc1.CCCC(C)(CC(ON1C(C)(C)CCCC1(C)C)c1ccccc1)c1ccccc1.CCCC(C)(CC(ON1C(C)(C)CCCC1(C)C)c1ccccc1)c1ccccc1.CCCC(O)CO.[Cl-].[Mg+2]. The van der Waals surface area contributed by atoms with Gasteiger partial charge in [0.05, 0.1) is 12.7 Å². The molecule has 648 valence electrons. The van der Waals surface area contributed by atoms with Crippen LogP contribution >= 0.6 is 0 Å². The first-order chi connectivity index (χ1) is 53.7. The zero-order chi connectivity index (χ0) is 86.0. The fourth-order valence-corrected chi connectivity index (χ4v) is 16.9. The molecule has 0 aliphatic carbocycles. The summed E-state index contributed by atoms with van der Waals surface area (Å²) in [5.74, 6) is 0. The molecule has 6 aromatic carbocycles. The molecule has 0 bridgehead atoms. The van der Waals surface area contributed by atoms with Gasteiger partial charge < -0.3 is 22.6 Å². The molecule has 7 atom stereocenters. The van der Waals surface area contributed by atoms with Crippen LogP contribution in [0.5, 0.6) is 0 Å². The van der Waals surface area contributed by atoms with E-state index in [0.29, 0.717) is 6.42 Å². The van der Waals surface area contributed by atoms with Crippen LogP contribution in [0.1, 0.15) is 387 Å². The summed E-state index contributed by atoms with van der Waals surface area (Å²) in [5.41, 5.74) is 8.44. The molecule has 7 unspecified atom stereocenters. The maximum atomic E-state index is 8.61. The van der Waals surface area contributed by atoms with Crippen LogP contribution < -0.4 is 12.4 Å². The van der Waals surface area contributed by atoms with Gasteiger partial charge in [0.1, 0.15) is 18.3 Å². The van der Waals surface area contributed by atoms with Crippen molar-refractivity contribution in [2.45, 2.75) is 409 Å². The number of benzene rings is 6. The third-order valence-electron chi connectivity index (χ3n) is 22.3. The van der Waals surface area contributed by atoms with Gasteiger partial charge >= 0.3 is 23.1 Å². The molecular formula is C105H174ClMgN3O5. The number of halogens is 1. The third-order valence-corrected chi connectivity index (χ3v) is 22.3. The van der Waals surface area contributed by atoms with Gasteiger partial charge in [0.15, 0.2) is 0 Å². The van der Waals surface area contributed by atoms with E-state index in [1.54, 1.807) is 0 Å². The third kappa shape index (κ3) is 39.2. The monoisotopic (exact) mass is 1620 g/mol. The molecule has 3 aliphatic rings. The summed E-state index contributed by atoms with van der Waals surface area (Å²) in [7, 11) is 0. The predicted octanol–water partition coefficient (Wildman–Crippen LogP) is 27.4. The average Bonchev–Trinajstić information content (AvgIpc) is 0.781. The number of aliphatic hydroxyl groups is 2. The van der Waals surface area contributed by atoms with Crippen molar-refractivity contribution in [2.24, 2.45) is 0 Å². The van der Waals surface area contributed by atoms with Gasteiger partial charge in [-0.1, -0.05) is 331 Å². The minimum Gasteiger partial charge on any atom is -1.00 e. The topological polar surface area (TPSA) is 77.9 Å². The van der Waals surface area contributed by atoms with Gasteiger partial charge in [0.2, 0.25) is 0 Å². The summed E-state index contributed by atoms with van der Waals surface area (Å²) in [6, 6.07) is 65.5. The van der Waals surface area contributed by atoms with Gasteiger partial charge in [0.25, 0.3) is 0 Å². The number of aliphatic hydroxyl groups excluding tert-OH is 2. The maximum Gasteiger partial charge on any atom is 2.00 e. The molecule has 0 spiro atoms. The van der Waals surface area contributed by atoms with Crippen molar-refractivity contribution in [1.29, 1.82) is 0 Å². The summed E-state index contributed by atoms with van der Waals surface area (Å²) in [6.07, 6.45) is 27.7. The van der Waals surface area contributed by atoms with Crippen molar-refractivity contribution in [2.75, 3.05) is 6.61 Å². The molecule has 9 rings (SSSR count). The number of nitrogens with zero attached hydrogens (tertiary/aromatic N) is 3. The predicted molar refractivity (Wildman–Crippen MR) is 502 cm³/mol. The van der Waals surface area contributed by atoms with Gasteiger partial charge in [0, 0.05) is 33.2 Å². The maximum absolute atomic E-state index is 8.61. The number of allylic oxidation sites excluding steroid dienone is 2. The minimum atomic E-state index is -0.495. The number of rotatable bonds is 29. The van der Waals surface area contributed by atoms with E-state index in [1.807, 2.05) is 68.4 Å². The summed E-state index contributed by atoms with van der Waals surface area (Å²) >= 11 is 0. The van der Waals surface area contributed by atoms with E-state index >= 15 is 0 Å². The van der Waals surface area contributed by atoms with Crippen molar-refractivity contribution in [3.05, 3.63) is 248 Å². The smallest absolute Gasteiger partial charge is 1.00 e. The second-order valence-electron chi connectivity index (χ2n) is 35.0. The Morgan fingerprint density at radius 3 is 0.730 bits per heavy atom. The molecule has 10 heteroatoms. The number of piperidine rings is 3. The van der Waals surface area contributed by atoms with Crippen LogP contribution in [0.15, 0.2) is 207 Å². The standard InChI is InChI=1S/3C28H41NO.C5H12O2.C5H10.C3H5.4C2H6.ClH.Mg/c3*1-7-19-28(6,24-17-12-9-13-18-24)22-25(23-15-10-8-11-16-23)30-29-26(2,3)20-14-21-27(29,4)5;1-2-3-5(7)4-6;1-3-5-4-2;1-3-2;4*1-2;;/h3*8-13,15-18,25H,7,14,19-22H2,1-6H3;5-7H,2-4H2,1H3;3H,1,4-5H2,2H3;3H,1-2H2;4*1-2H3;1H;/q;;;;;-1;;;;;;+2/p-1. The van der Waals surface area contributed by atoms with Crippen molar-refractivity contribution in [1.82, 2.24) is 15.2 Å². The van der Waals surface area contributed by atoms with Crippen LogP contribution in [0.4, 0.5) is 0 Å². The van der Waals surface area contributed by atoms with E-state index in [-0.39, 0.29) is 110 Å². The van der Waals surface area contributed by atoms with E-state index in [0.717, 1.165) is 70.6 Å². The van der Waals surface area contributed by atoms with Crippen molar-refractivity contribution >= 4 is 23.1 Å². The Kier molecular flexibility index (Phi) is 59.8. The van der Waals surface area contributed by atoms with E-state index in [9.17, 15) is 0 Å². The van der Waals surface area contributed by atoms with E-state index in [2.05, 4.69) is 349 Å². The molecule has 3 heterocycles. The molecule has 8 nitrogen and oxygen atoms in total. The summed E-state index contributed by atoms with van der Waals surface area (Å²) in [6.45, 7) is 72.1. The van der Waals surface area contributed by atoms with Crippen molar-refractivity contribution in [3.63, 3.8) is 0 Å². The van der Waals surface area contributed by atoms with Crippen LogP contribution in [0.2, 0.25) is 0 Å². The number of hydrogen-bond acceptors (Lipinski definition) is 8. The zero-order valence-corrected chi connectivity index (χ0v) is 81.4. The summed E-state index contributed by atoms with van der Waals surface area (Å²) in [4.78, 5) is 21.0. The first kappa shape index (κ1) is 115. The molecule has 3 saturated heterocycles. The van der Waals surface area contributed by atoms with Gasteiger partial charge in [-0.3, -0.25) is 14.5 Å². The second-order valence-corrected chi connectivity index (χ2v) is 35.0. The summed E-state index contributed by atoms with van der Waals surface area (Å²) in [5, 5.41) is 23.8. The Morgan fingerprint density at radius 1 is 0.383 bits per heavy atom. The Labute approximate surface area is 733 Å². The Balaban J connectivity index is -0.00000143. The van der Waals surface area contributed by atoms with Gasteiger partial charge in [-0.25, -0.2) is 19.6 Å². The Morgan fingerprint density at radius 2 is 0.583 bits per heavy atom. The largest absolute Gasteiger partial charge is 2.00 e. The molecule has 0 aromatic heterocycles. The Bertz CT molecular complexity index is 2910. The fraction of sp³-hybridized carbons (Fsp3) is 0.610. The van der Waals surface area contributed by atoms with E-state index < -0.39 is 6.10 Å². The van der Waals surface area contributed by atoms with E-state index in [4.69, 9.17) is 24.7 Å². The zero-order valence-electron chi connectivity index (χ0n) is 79.2. The van der Waals surface area contributed by atoms with Crippen LogP contribution in [-0.4, -0.2) is 94.4 Å². The van der Waals surface area contributed by atoms with Crippen LogP contribution in [-0.2, 0) is 30.8 Å². The molecule has 0 amide bonds. The van der Waals surface area contributed by atoms with Gasteiger partial charge in [-0.2, -0.15) is 15.2 Å². The molecular weight excluding hydrogens is 1440 g/mol. The van der Waals surface area contributed by atoms with Crippen molar-refractivity contribution in [3.8, 4) is 0 Å². The van der Waals surface area contributed by atoms with Gasteiger partial charge in [-0.05, 0) is 242 Å². The first-order valence-electron chi connectivity index (χ1n) is 44.7. The normalized spacial score (nSPS) is 18.5. The van der Waals surface area contributed by atoms with Crippen molar-refractivity contribution < 1.29 is 37.1 Å². The number of hydroxylamine groups is 6. The number of hydrogen-bond donors (Lipinski definition) is 2. The molecule has 115 heavy (non-hydrogen) atoms.